The van der Waals surface area contributed by atoms with Crippen LogP contribution in [-0.2, 0) is 0 Å². The molecule has 0 bridgehead atoms. The van der Waals surface area contributed by atoms with Crippen LogP contribution in [0.5, 0.6) is 0 Å². The Morgan fingerprint density at radius 2 is 2.11 bits per heavy atom. The number of carbonyl (C=O) groups excluding carboxylic acids is 1. The van der Waals surface area contributed by atoms with Gasteiger partial charge in [0.1, 0.15) is 0 Å². The summed E-state index contributed by atoms with van der Waals surface area (Å²) < 4.78 is 0. The first-order valence-electron chi connectivity index (χ1n) is 6.34. The molecule has 6 nitrogen and oxygen atoms in total. The van der Waals surface area contributed by atoms with Gasteiger partial charge in [0.2, 0.25) is 0 Å². The number of benzene rings is 1. The number of nitro groups is 1. The van der Waals surface area contributed by atoms with Gasteiger partial charge in [0.15, 0.2) is 0 Å². The molecule has 0 aliphatic heterocycles. The second-order valence-electron chi connectivity index (χ2n) is 4.35. The number of amides is 2. The van der Waals surface area contributed by atoms with Crippen molar-refractivity contribution in [1.82, 2.24) is 5.32 Å². The largest absolute Gasteiger partial charge is 0.338 e. The third kappa shape index (κ3) is 4.95. The maximum Gasteiger partial charge on any atom is 0.319 e. The Bertz CT molecular complexity index is 460. The van der Waals surface area contributed by atoms with Crippen LogP contribution in [0.15, 0.2) is 18.2 Å². The molecule has 1 aromatic rings. The molecule has 0 heterocycles. The number of hydrogen-bond donors (Lipinski definition) is 2. The lowest BCUT2D eigenvalue weighted by Crippen LogP contribution is -2.29. The molecular formula is C13H19N3O3. The molecular weight excluding hydrogens is 246 g/mol. The van der Waals surface area contributed by atoms with Crippen molar-refractivity contribution in [2.24, 2.45) is 0 Å². The van der Waals surface area contributed by atoms with E-state index in [1.54, 1.807) is 13.0 Å². The minimum absolute atomic E-state index is 0.0499. The van der Waals surface area contributed by atoms with E-state index in [1.807, 2.05) is 0 Å². The molecule has 2 amide bonds. The fourth-order valence-corrected chi connectivity index (χ4v) is 1.69. The third-order valence-electron chi connectivity index (χ3n) is 2.72. The monoisotopic (exact) mass is 265 g/mol. The van der Waals surface area contributed by atoms with E-state index < -0.39 is 4.92 Å². The number of nitro benzene ring substituents is 1. The molecule has 0 fully saturated rings. The summed E-state index contributed by atoms with van der Waals surface area (Å²) in [5, 5.41) is 16.1. The minimum Gasteiger partial charge on any atom is -0.338 e. The molecule has 1 rings (SSSR count). The first kappa shape index (κ1) is 14.9. The molecule has 6 heteroatoms. The van der Waals surface area contributed by atoms with Gasteiger partial charge in [0, 0.05) is 23.9 Å². The highest BCUT2D eigenvalue weighted by atomic mass is 16.6. The Labute approximate surface area is 112 Å². The molecule has 0 saturated carbocycles. The van der Waals surface area contributed by atoms with Crippen molar-refractivity contribution in [2.45, 2.75) is 33.1 Å². The van der Waals surface area contributed by atoms with Gasteiger partial charge in [-0.15, -0.1) is 0 Å². The van der Waals surface area contributed by atoms with Crippen molar-refractivity contribution in [2.75, 3.05) is 11.9 Å². The van der Waals surface area contributed by atoms with Crippen LogP contribution in [0.25, 0.3) is 0 Å². The highest BCUT2D eigenvalue weighted by molar-refractivity contribution is 5.89. The Hall–Kier alpha value is -2.11. The molecule has 104 valence electrons. The first-order valence-corrected chi connectivity index (χ1v) is 6.34. The summed E-state index contributed by atoms with van der Waals surface area (Å²) in [6, 6.07) is 4.21. The van der Waals surface area contributed by atoms with E-state index in [0.29, 0.717) is 17.8 Å². The maximum absolute atomic E-state index is 11.5. The molecule has 0 atom stereocenters. The van der Waals surface area contributed by atoms with E-state index >= 15 is 0 Å². The van der Waals surface area contributed by atoms with Gasteiger partial charge >= 0.3 is 6.03 Å². The van der Waals surface area contributed by atoms with Crippen LogP contribution < -0.4 is 10.6 Å². The summed E-state index contributed by atoms with van der Waals surface area (Å²) in [6.45, 7) is 4.37. The van der Waals surface area contributed by atoms with Gasteiger partial charge in [-0.25, -0.2) is 4.79 Å². The van der Waals surface area contributed by atoms with Gasteiger partial charge in [-0.1, -0.05) is 19.8 Å². The van der Waals surface area contributed by atoms with Crippen LogP contribution in [-0.4, -0.2) is 17.5 Å². The fourth-order valence-electron chi connectivity index (χ4n) is 1.69. The zero-order valence-electron chi connectivity index (χ0n) is 11.2. The second-order valence-corrected chi connectivity index (χ2v) is 4.35. The summed E-state index contributed by atoms with van der Waals surface area (Å²) in [4.78, 5) is 21.8. The molecule has 19 heavy (non-hydrogen) atoms. The predicted octanol–water partition coefficient (Wildman–Crippen LogP) is 3.21. The summed E-state index contributed by atoms with van der Waals surface area (Å²) in [6.07, 6.45) is 3.13. The van der Waals surface area contributed by atoms with Crippen LogP contribution in [0.4, 0.5) is 16.2 Å². The number of rotatable bonds is 6. The molecule has 0 radical (unpaired) electrons. The second kappa shape index (κ2) is 7.35. The number of aryl methyl sites for hydroxylation is 1. The summed E-state index contributed by atoms with van der Waals surface area (Å²) in [7, 11) is 0. The SMILES string of the molecule is CCCCCNC(=O)Nc1ccc([N+](=O)[O-])c(C)c1. The van der Waals surface area contributed by atoms with Gasteiger partial charge in [0.25, 0.3) is 5.69 Å². The van der Waals surface area contributed by atoms with Crippen molar-refractivity contribution >= 4 is 17.4 Å². The van der Waals surface area contributed by atoms with Gasteiger partial charge in [-0.05, 0) is 25.5 Å². The Morgan fingerprint density at radius 1 is 1.37 bits per heavy atom. The number of hydrogen-bond acceptors (Lipinski definition) is 3. The number of nitrogens with zero attached hydrogens (tertiary/aromatic N) is 1. The maximum atomic E-state index is 11.5. The topological polar surface area (TPSA) is 84.3 Å². The number of unbranched alkanes of at least 4 members (excludes halogenated alkanes) is 2. The molecule has 0 saturated heterocycles. The molecule has 1 aromatic carbocycles. The molecule has 2 N–H and O–H groups in total. The van der Waals surface area contributed by atoms with Gasteiger partial charge in [0.05, 0.1) is 4.92 Å². The average Bonchev–Trinajstić information content (AvgIpc) is 2.34. The van der Waals surface area contributed by atoms with Crippen molar-refractivity contribution in [3.8, 4) is 0 Å². The van der Waals surface area contributed by atoms with Gasteiger partial charge in [-0.3, -0.25) is 10.1 Å². The van der Waals surface area contributed by atoms with Crippen LogP contribution in [0.3, 0.4) is 0 Å². The molecule has 0 spiro atoms. The smallest absolute Gasteiger partial charge is 0.319 e. The zero-order valence-corrected chi connectivity index (χ0v) is 11.2. The quantitative estimate of drug-likeness (QED) is 0.470. The highest BCUT2D eigenvalue weighted by Gasteiger charge is 2.10. The fraction of sp³-hybridized carbons (Fsp3) is 0.462. The van der Waals surface area contributed by atoms with Crippen molar-refractivity contribution in [3.05, 3.63) is 33.9 Å². The van der Waals surface area contributed by atoms with E-state index in [0.717, 1.165) is 19.3 Å². The number of urea groups is 1. The Kier molecular flexibility index (Phi) is 5.78. The lowest BCUT2D eigenvalue weighted by molar-refractivity contribution is -0.385. The Balaban J connectivity index is 2.51. The van der Waals surface area contributed by atoms with Crippen LogP contribution in [0.1, 0.15) is 31.7 Å². The summed E-state index contributed by atoms with van der Waals surface area (Å²) in [5.74, 6) is 0. The minimum atomic E-state index is -0.441. The van der Waals surface area contributed by atoms with Crippen LogP contribution in [0.2, 0.25) is 0 Å². The van der Waals surface area contributed by atoms with Crippen molar-refractivity contribution in [3.63, 3.8) is 0 Å². The number of anilines is 1. The van der Waals surface area contributed by atoms with E-state index in [9.17, 15) is 14.9 Å². The van der Waals surface area contributed by atoms with Crippen LogP contribution >= 0.6 is 0 Å². The number of carbonyl (C=O) groups is 1. The normalized spacial score (nSPS) is 10.0. The van der Waals surface area contributed by atoms with E-state index in [2.05, 4.69) is 17.6 Å². The molecule has 0 unspecified atom stereocenters. The lowest BCUT2D eigenvalue weighted by Gasteiger charge is -2.08. The average molecular weight is 265 g/mol. The third-order valence-corrected chi connectivity index (χ3v) is 2.72. The van der Waals surface area contributed by atoms with Crippen molar-refractivity contribution < 1.29 is 9.72 Å². The van der Waals surface area contributed by atoms with Crippen molar-refractivity contribution in [1.29, 1.82) is 0 Å². The predicted molar refractivity (Wildman–Crippen MR) is 74.4 cm³/mol. The van der Waals surface area contributed by atoms with Gasteiger partial charge in [-0.2, -0.15) is 0 Å². The Morgan fingerprint density at radius 3 is 2.68 bits per heavy atom. The van der Waals surface area contributed by atoms with E-state index in [1.165, 1.54) is 12.1 Å². The van der Waals surface area contributed by atoms with E-state index in [-0.39, 0.29) is 11.7 Å². The molecule has 0 aromatic heterocycles. The molecule has 0 aliphatic carbocycles. The summed E-state index contributed by atoms with van der Waals surface area (Å²) in [5.41, 5.74) is 1.12. The zero-order chi connectivity index (χ0) is 14.3. The van der Waals surface area contributed by atoms with Crippen LogP contribution in [0, 0.1) is 17.0 Å². The first-order chi connectivity index (χ1) is 9.04. The van der Waals surface area contributed by atoms with E-state index in [4.69, 9.17) is 0 Å². The highest BCUT2D eigenvalue weighted by Crippen LogP contribution is 2.21. The lowest BCUT2D eigenvalue weighted by atomic mass is 10.2. The van der Waals surface area contributed by atoms with Gasteiger partial charge < -0.3 is 10.6 Å². The molecule has 0 aliphatic rings. The number of nitrogens with one attached hydrogen (secondary N) is 2. The standard InChI is InChI=1S/C13H19N3O3/c1-3-4-5-8-14-13(17)15-11-6-7-12(16(18)19)10(2)9-11/h6-7,9H,3-5,8H2,1-2H3,(H2,14,15,17). The summed E-state index contributed by atoms with van der Waals surface area (Å²) >= 11 is 0.